The molecule has 4 nitrogen and oxygen atoms in total. The number of aliphatic imine (C=N–C) groups is 1. The van der Waals surface area contributed by atoms with Crippen LogP contribution in [-0.4, -0.2) is 31.3 Å². The van der Waals surface area contributed by atoms with E-state index in [1.54, 1.807) is 13.0 Å². The quantitative estimate of drug-likeness (QED) is 0.400. The summed E-state index contributed by atoms with van der Waals surface area (Å²) in [4.78, 5) is 15.2. The lowest BCUT2D eigenvalue weighted by molar-refractivity contribution is -0.113. The summed E-state index contributed by atoms with van der Waals surface area (Å²) in [6.45, 7) is 12.3. The minimum absolute atomic E-state index is 0.00723. The van der Waals surface area contributed by atoms with Gasteiger partial charge in [-0.1, -0.05) is 12.7 Å². The van der Waals surface area contributed by atoms with Gasteiger partial charge in [0.25, 0.3) is 0 Å². The molecule has 0 aromatic heterocycles. The van der Waals surface area contributed by atoms with Crippen molar-refractivity contribution in [1.29, 1.82) is 0 Å². The Hall–Kier alpha value is -1.42. The fourth-order valence-corrected chi connectivity index (χ4v) is 1.05. The van der Waals surface area contributed by atoms with Crippen LogP contribution in [0.3, 0.4) is 0 Å². The summed E-state index contributed by atoms with van der Waals surface area (Å²) >= 11 is 0. The summed E-state index contributed by atoms with van der Waals surface area (Å²) in [6, 6.07) is 0. The second kappa shape index (κ2) is 8.70. The molecule has 0 aromatic rings. The third-order valence-electron chi connectivity index (χ3n) is 1.96. The number of hydrogen-bond donors (Lipinski definition) is 1. The topological polar surface area (TPSA) is 50.7 Å². The summed E-state index contributed by atoms with van der Waals surface area (Å²) in [5.41, 5.74) is 0.575. The maximum atomic E-state index is 11.1. The first kappa shape index (κ1) is 15.6. The highest BCUT2D eigenvalue weighted by atomic mass is 16.5. The van der Waals surface area contributed by atoms with Crippen LogP contribution in [0.4, 0.5) is 0 Å². The maximum absolute atomic E-state index is 11.1. The van der Waals surface area contributed by atoms with Gasteiger partial charge in [-0.25, -0.2) is 4.99 Å². The van der Waals surface area contributed by atoms with Crippen molar-refractivity contribution in [1.82, 2.24) is 5.32 Å². The van der Waals surface area contributed by atoms with E-state index in [-0.39, 0.29) is 11.9 Å². The number of ether oxygens (including phenoxy) is 1. The molecular weight excluding hydrogens is 216 g/mol. The van der Waals surface area contributed by atoms with Crippen LogP contribution in [0.15, 0.2) is 29.0 Å². The third kappa shape index (κ3) is 8.39. The first-order valence-electron chi connectivity index (χ1n) is 5.73. The van der Waals surface area contributed by atoms with Crippen molar-refractivity contribution in [2.24, 2.45) is 4.99 Å². The van der Waals surface area contributed by atoms with Gasteiger partial charge in [0.05, 0.1) is 12.7 Å². The zero-order valence-corrected chi connectivity index (χ0v) is 11.1. The molecule has 0 aliphatic heterocycles. The Kier molecular flexibility index (Phi) is 7.97. The van der Waals surface area contributed by atoms with Crippen molar-refractivity contribution < 1.29 is 9.53 Å². The summed E-state index contributed by atoms with van der Waals surface area (Å²) in [5, 5.41) is 3.00. The van der Waals surface area contributed by atoms with E-state index < -0.39 is 0 Å². The molecule has 96 valence electrons. The van der Waals surface area contributed by atoms with Crippen LogP contribution in [0.25, 0.3) is 0 Å². The van der Waals surface area contributed by atoms with Crippen LogP contribution in [0, 0.1) is 0 Å². The van der Waals surface area contributed by atoms with Gasteiger partial charge in [-0.05, 0) is 27.7 Å². The SMILES string of the molecule is C=C(N=C/C(=C\C)C(C)=O)NCCOC(C)C. The zero-order chi connectivity index (χ0) is 13.3. The fraction of sp³-hybridized carbons (Fsp3) is 0.538. The number of nitrogens with one attached hydrogen (secondary N) is 1. The van der Waals surface area contributed by atoms with Gasteiger partial charge in [0.15, 0.2) is 5.78 Å². The smallest absolute Gasteiger partial charge is 0.161 e. The molecule has 0 unspecified atom stereocenters. The molecule has 0 rings (SSSR count). The van der Waals surface area contributed by atoms with Crippen LogP contribution in [0.1, 0.15) is 27.7 Å². The van der Waals surface area contributed by atoms with Gasteiger partial charge in [-0.3, -0.25) is 4.79 Å². The Labute approximate surface area is 103 Å². The summed E-state index contributed by atoms with van der Waals surface area (Å²) in [6.07, 6.45) is 3.46. The molecule has 0 aromatic carbocycles. The van der Waals surface area contributed by atoms with Gasteiger partial charge < -0.3 is 10.1 Å². The van der Waals surface area contributed by atoms with Crippen molar-refractivity contribution in [2.45, 2.75) is 33.8 Å². The second-order valence-corrected chi connectivity index (χ2v) is 3.85. The Morgan fingerprint density at radius 3 is 2.65 bits per heavy atom. The Morgan fingerprint density at radius 2 is 2.18 bits per heavy atom. The van der Waals surface area contributed by atoms with Crippen molar-refractivity contribution in [3.63, 3.8) is 0 Å². The summed E-state index contributed by atoms with van der Waals surface area (Å²) < 4.78 is 5.36. The number of allylic oxidation sites excluding steroid dienone is 2. The first-order valence-corrected chi connectivity index (χ1v) is 5.73. The lowest BCUT2D eigenvalue weighted by atomic mass is 10.2. The molecule has 0 aliphatic carbocycles. The van der Waals surface area contributed by atoms with E-state index in [1.165, 1.54) is 13.1 Å². The minimum Gasteiger partial charge on any atom is -0.377 e. The molecule has 0 radical (unpaired) electrons. The molecule has 17 heavy (non-hydrogen) atoms. The molecule has 4 heteroatoms. The molecule has 0 heterocycles. The second-order valence-electron chi connectivity index (χ2n) is 3.85. The lowest BCUT2D eigenvalue weighted by Crippen LogP contribution is -2.19. The number of rotatable bonds is 8. The average molecular weight is 238 g/mol. The van der Waals surface area contributed by atoms with Gasteiger partial charge >= 0.3 is 0 Å². The number of carbonyl (C=O) groups is 1. The molecule has 0 saturated heterocycles. The van der Waals surface area contributed by atoms with E-state index in [4.69, 9.17) is 4.74 Å². The van der Waals surface area contributed by atoms with E-state index in [1.807, 2.05) is 13.8 Å². The number of Topliss-reactive ketones (excluding diaryl/α,β-unsaturated/α-hetero) is 1. The van der Waals surface area contributed by atoms with E-state index in [0.29, 0.717) is 24.5 Å². The molecule has 0 atom stereocenters. The van der Waals surface area contributed by atoms with Crippen molar-refractivity contribution >= 4 is 12.0 Å². The van der Waals surface area contributed by atoms with Crippen molar-refractivity contribution in [3.8, 4) is 0 Å². The molecule has 0 bridgehead atoms. The predicted molar refractivity (Wildman–Crippen MR) is 71.2 cm³/mol. The number of hydrogen-bond acceptors (Lipinski definition) is 4. The molecule has 0 saturated carbocycles. The lowest BCUT2D eigenvalue weighted by Gasteiger charge is -2.08. The summed E-state index contributed by atoms with van der Waals surface area (Å²) in [7, 11) is 0. The summed E-state index contributed by atoms with van der Waals surface area (Å²) in [5.74, 6) is 0.519. The Morgan fingerprint density at radius 1 is 1.53 bits per heavy atom. The van der Waals surface area contributed by atoms with Gasteiger partial charge in [-0.15, -0.1) is 0 Å². The normalized spacial score (nSPS) is 12.2. The molecule has 1 N–H and O–H groups in total. The number of ketones is 1. The van der Waals surface area contributed by atoms with Gasteiger partial charge in [0.2, 0.25) is 0 Å². The minimum atomic E-state index is -0.00723. The van der Waals surface area contributed by atoms with Gasteiger partial charge in [0.1, 0.15) is 5.82 Å². The highest BCUT2D eigenvalue weighted by Gasteiger charge is 1.98. The Balaban J connectivity index is 3.94. The van der Waals surface area contributed by atoms with E-state index in [9.17, 15) is 4.79 Å². The zero-order valence-electron chi connectivity index (χ0n) is 11.1. The van der Waals surface area contributed by atoms with E-state index in [2.05, 4.69) is 16.9 Å². The third-order valence-corrected chi connectivity index (χ3v) is 1.96. The predicted octanol–water partition coefficient (Wildman–Crippen LogP) is 2.08. The highest BCUT2D eigenvalue weighted by Crippen LogP contribution is 1.94. The largest absolute Gasteiger partial charge is 0.377 e. The fourth-order valence-electron chi connectivity index (χ4n) is 1.05. The Bertz CT molecular complexity index is 317. The van der Waals surface area contributed by atoms with Crippen LogP contribution >= 0.6 is 0 Å². The number of nitrogens with zero attached hydrogens (tertiary/aromatic N) is 1. The number of carbonyl (C=O) groups excluding carboxylic acids is 1. The molecular formula is C13H22N2O2. The van der Waals surface area contributed by atoms with Crippen LogP contribution < -0.4 is 5.32 Å². The van der Waals surface area contributed by atoms with Gasteiger partial charge in [-0.2, -0.15) is 0 Å². The van der Waals surface area contributed by atoms with Crippen LogP contribution in [0.5, 0.6) is 0 Å². The maximum Gasteiger partial charge on any atom is 0.161 e. The van der Waals surface area contributed by atoms with Gasteiger partial charge in [0, 0.05) is 18.3 Å². The average Bonchev–Trinajstić information content (AvgIpc) is 2.24. The first-order chi connectivity index (χ1) is 7.97. The van der Waals surface area contributed by atoms with Crippen LogP contribution in [-0.2, 0) is 9.53 Å². The van der Waals surface area contributed by atoms with E-state index >= 15 is 0 Å². The molecule has 0 spiro atoms. The highest BCUT2D eigenvalue weighted by molar-refractivity contribution is 6.12. The van der Waals surface area contributed by atoms with Crippen molar-refractivity contribution in [3.05, 3.63) is 24.0 Å². The standard InChI is InChI=1S/C13H22N2O2/c1-6-13(11(4)16)9-15-12(5)14-7-8-17-10(2)3/h6,9-10,14H,5,7-8H2,1-4H3/b13-6+,15-9?. The van der Waals surface area contributed by atoms with Crippen molar-refractivity contribution in [2.75, 3.05) is 13.2 Å². The monoisotopic (exact) mass is 238 g/mol. The molecule has 0 fully saturated rings. The van der Waals surface area contributed by atoms with Crippen LogP contribution in [0.2, 0.25) is 0 Å². The molecule has 0 aliphatic rings. The van der Waals surface area contributed by atoms with E-state index in [0.717, 1.165) is 0 Å². The molecule has 0 amide bonds.